The molecule has 0 unspecified atom stereocenters. The van der Waals surface area contributed by atoms with Crippen molar-refractivity contribution in [1.82, 2.24) is 9.55 Å². The second-order valence-corrected chi connectivity index (χ2v) is 7.72. The van der Waals surface area contributed by atoms with Crippen LogP contribution >= 0.6 is 0 Å². The zero-order valence-corrected chi connectivity index (χ0v) is 17.0. The number of carbonyl (C=O) groups is 2. The third-order valence-corrected chi connectivity index (χ3v) is 4.16. The molecule has 0 atom stereocenters. The number of rotatable bonds is 5. The average Bonchev–Trinajstić information content (AvgIpc) is 3.03. The number of hydrogen-bond acceptors (Lipinski definition) is 7. The van der Waals surface area contributed by atoms with Crippen molar-refractivity contribution in [2.75, 3.05) is 11.9 Å². The van der Waals surface area contributed by atoms with Crippen LogP contribution in [0, 0.1) is 15.9 Å². The first-order valence-electron chi connectivity index (χ1n) is 9.17. The number of nitro groups is 1. The molecule has 31 heavy (non-hydrogen) atoms. The number of halogens is 1. The van der Waals surface area contributed by atoms with E-state index in [-0.39, 0.29) is 23.6 Å². The van der Waals surface area contributed by atoms with Crippen LogP contribution in [0.4, 0.5) is 20.7 Å². The molecule has 2 aromatic heterocycles. The van der Waals surface area contributed by atoms with Gasteiger partial charge in [-0.25, -0.2) is 14.2 Å². The van der Waals surface area contributed by atoms with Gasteiger partial charge in [-0.05, 0) is 39.0 Å². The molecule has 1 aromatic carbocycles. The van der Waals surface area contributed by atoms with Gasteiger partial charge in [0, 0.05) is 35.0 Å². The molecular formula is C20H20FN5O5. The van der Waals surface area contributed by atoms with Crippen LogP contribution in [0.25, 0.3) is 22.0 Å². The molecule has 0 radical (unpaired) electrons. The number of anilines is 1. The van der Waals surface area contributed by atoms with Crippen LogP contribution in [0.1, 0.15) is 20.8 Å². The van der Waals surface area contributed by atoms with E-state index in [1.807, 2.05) is 0 Å². The molecule has 0 spiro atoms. The minimum Gasteiger partial charge on any atom is -0.443 e. The number of nitrogens with zero attached hydrogens (tertiary/aromatic N) is 3. The van der Waals surface area contributed by atoms with E-state index in [0.717, 1.165) is 4.57 Å². The summed E-state index contributed by atoms with van der Waals surface area (Å²) in [4.78, 5) is 38.5. The van der Waals surface area contributed by atoms with Crippen molar-refractivity contribution < 1.29 is 23.6 Å². The second kappa shape index (κ2) is 8.01. The number of aromatic nitrogens is 2. The minimum absolute atomic E-state index is 0.130. The molecule has 162 valence electrons. The lowest BCUT2D eigenvalue weighted by Crippen LogP contribution is -2.26. The van der Waals surface area contributed by atoms with Gasteiger partial charge < -0.3 is 15.8 Å². The summed E-state index contributed by atoms with van der Waals surface area (Å²) in [7, 11) is 0. The van der Waals surface area contributed by atoms with E-state index >= 15 is 0 Å². The minimum atomic E-state index is -0.782. The van der Waals surface area contributed by atoms with Gasteiger partial charge >= 0.3 is 11.8 Å². The third-order valence-electron chi connectivity index (χ3n) is 4.16. The topological polar surface area (TPSA) is 142 Å². The molecular weight excluding hydrogens is 409 g/mol. The number of amides is 1. The highest BCUT2D eigenvalue weighted by molar-refractivity contribution is 6.01. The normalized spacial score (nSPS) is 11.4. The fourth-order valence-corrected chi connectivity index (χ4v) is 2.94. The first kappa shape index (κ1) is 21.7. The lowest BCUT2D eigenvalue weighted by atomic mass is 10.1. The number of pyridine rings is 1. The molecule has 0 aliphatic rings. The highest BCUT2D eigenvalue weighted by atomic mass is 19.1. The number of fused-ring (bicyclic) bond motifs is 1. The van der Waals surface area contributed by atoms with E-state index in [1.165, 1.54) is 36.7 Å². The van der Waals surface area contributed by atoms with Crippen molar-refractivity contribution in [1.29, 1.82) is 0 Å². The fourth-order valence-electron chi connectivity index (χ4n) is 2.94. The Morgan fingerprint density at radius 2 is 2.03 bits per heavy atom. The summed E-state index contributed by atoms with van der Waals surface area (Å²) >= 11 is 0. The van der Waals surface area contributed by atoms with Crippen LogP contribution in [0.2, 0.25) is 0 Å². The zero-order chi connectivity index (χ0) is 22.9. The van der Waals surface area contributed by atoms with Gasteiger partial charge in [0.25, 0.3) is 0 Å². The highest BCUT2D eigenvalue weighted by Crippen LogP contribution is 2.35. The van der Waals surface area contributed by atoms with Crippen molar-refractivity contribution in [3.63, 3.8) is 0 Å². The first-order chi connectivity index (χ1) is 14.5. The Bertz CT molecular complexity index is 1200. The Balaban J connectivity index is 2.14. The predicted molar refractivity (Wildman–Crippen MR) is 111 cm³/mol. The quantitative estimate of drug-likeness (QED) is 0.467. The Kier molecular flexibility index (Phi) is 5.60. The SMILES string of the molecule is CC(C)(C)OC(=O)n1cc(-c2cnc(NCC(N)=O)c([N+](=O)[O-])c2)c2ccc(F)cc21. The number of hydrogen-bond donors (Lipinski definition) is 2. The molecule has 3 N–H and O–H groups in total. The smallest absolute Gasteiger partial charge is 0.419 e. The largest absolute Gasteiger partial charge is 0.443 e. The summed E-state index contributed by atoms with van der Waals surface area (Å²) in [5.41, 5.74) is 4.86. The molecule has 2 heterocycles. The molecule has 0 saturated carbocycles. The monoisotopic (exact) mass is 429 g/mol. The standard InChI is InChI=1S/C20H20FN5O5/c1-20(2,3)31-19(28)25-10-14(13-5-4-12(21)7-15(13)25)11-6-16(26(29)30)18(23-8-11)24-9-17(22)27/h4-8,10H,9H2,1-3H3,(H2,22,27)(H,23,24). The molecule has 3 rings (SSSR count). The van der Waals surface area contributed by atoms with E-state index in [2.05, 4.69) is 10.3 Å². The Morgan fingerprint density at radius 1 is 1.32 bits per heavy atom. The van der Waals surface area contributed by atoms with Crippen molar-refractivity contribution in [2.45, 2.75) is 26.4 Å². The molecule has 1 amide bonds. The molecule has 0 saturated heterocycles. The van der Waals surface area contributed by atoms with Crippen molar-refractivity contribution >= 4 is 34.4 Å². The molecule has 0 aliphatic carbocycles. The number of primary amides is 1. The number of carbonyl (C=O) groups excluding carboxylic acids is 2. The van der Waals surface area contributed by atoms with Gasteiger partial charge in [0.1, 0.15) is 11.4 Å². The van der Waals surface area contributed by atoms with Gasteiger partial charge in [-0.15, -0.1) is 0 Å². The Hall–Kier alpha value is -4.02. The summed E-state index contributed by atoms with van der Waals surface area (Å²) in [6, 6.07) is 5.10. The van der Waals surface area contributed by atoms with Gasteiger partial charge in [0.2, 0.25) is 11.7 Å². The van der Waals surface area contributed by atoms with Gasteiger partial charge in [-0.2, -0.15) is 0 Å². The molecule has 0 bridgehead atoms. The average molecular weight is 429 g/mol. The van der Waals surface area contributed by atoms with E-state index in [4.69, 9.17) is 10.5 Å². The van der Waals surface area contributed by atoms with Crippen LogP contribution in [0.3, 0.4) is 0 Å². The Morgan fingerprint density at radius 3 is 2.65 bits per heavy atom. The number of ether oxygens (including phenoxy) is 1. The lowest BCUT2D eigenvalue weighted by molar-refractivity contribution is -0.384. The number of nitrogens with two attached hydrogens (primary N) is 1. The predicted octanol–water partition coefficient (Wildman–Crippen LogP) is 3.43. The van der Waals surface area contributed by atoms with Gasteiger partial charge in [0.05, 0.1) is 17.0 Å². The van der Waals surface area contributed by atoms with E-state index in [9.17, 15) is 24.1 Å². The van der Waals surface area contributed by atoms with Gasteiger partial charge in [-0.1, -0.05) is 0 Å². The van der Waals surface area contributed by atoms with Gasteiger partial charge in [-0.3, -0.25) is 19.5 Å². The van der Waals surface area contributed by atoms with Crippen molar-refractivity contribution in [2.24, 2.45) is 5.73 Å². The molecule has 0 aliphatic heterocycles. The lowest BCUT2D eigenvalue weighted by Gasteiger charge is -2.19. The summed E-state index contributed by atoms with van der Waals surface area (Å²) in [6.45, 7) is 4.76. The second-order valence-electron chi connectivity index (χ2n) is 7.72. The number of nitrogens with one attached hydrogen (secondary N) is 1. The third kappa shape index (κ3) is 4.77. The zero-order valence-electron chi connectivity index (χ0n) is 17.0. The maximum Gasteiger partial charge on any atom is 0.419 e. The van der Waals surface area contributed by atoms with E-state index in [0.29, 0.717) is 16.5 Å². The first-order valence-corrected chi connectivity index (χ1v) is 9.17. The maximum absolute atomic E-state index is 13.9. The molecule has 0 fully saturated rings. The number of benzene rings is 1. The molecule has 3 aromatic rings. The maximum atomic E-state index is 13.9. The van der Waals surface area contributed by atoms with Crippen LogP contribution in [-0.2, 0) is 9.53 Å². The van der Waals surface area contributed by atoms with Crippen molar-refractivity contribution in [3.8, 4) is 11.1 Å². The van der Waals surface area contributed by atoms with Gasteiger partial charge in [0.15, 0.2) is 0 Å². The van der Waals surface area contributed by atoms with Crippen LogP contribution in [-0.4, -0.2) is 38.6 Å². The fraction of sp³-hybridized carbons (Fsp3) is 0.250. The summed E-state index contributed by atoms with van der Waals surface area (Å²) in [5, 5.41) is 14.5. The summed E-state index contributed by atoms with van der Waals surface area (Å²) < 4.78 is 20.4. The summed E-state index contributed by atoms with van der Waals surface area (Å²) in [6.07, 6.45) is 2.03. The Labute approximate surface area is 176 Å². The summed E-state index contributed by atoms with van der Waals surface area (Å²) in [5.74, 6) is -1.39. The molecule has 11 heteroatoms. The molecule has 10 nitrogen and oxygen atoms in total. The van der Waals surface area contributed by atoms with Crippen LogP contribution < -0.4 is 11.1 Å². The highest BCUT2D eigenvalue weighted by Gasteiger charge is 2.23. The van der Waals surface area contributed by atoms with Crippen LogP contribution in [0.5, 0.6) is 0 Å². The van der Waals surface area contributed by atoms with Crippen LogP contribution in [0.15, 0.2) is 36.7 Å². The van der Waals surface area contributed by atoms with E-state index < -0.39 is 28.3 Å². The van der Waals surface area contributed by atoms with Crippen molar-refractivity contribution in [3.05, 3.63) is 52.6 Å². The van der Waals surface area contributed by atoms with E-state index in [1.54, 1.807) is 20.8 Å².